The third-order valence-electron chi connectivity index (χ3n) is 4.32. The number of para-hydroxylation sites is 1. The van der Waals surface area contributed by atoms with Gasteiger partial charge in [0.15, 0.2) is 5.16 Å². The van der Waals surface area contributed by atoms with Crippen molar-refractivity contribution in [2.24, 2.45) is 0 Å². The Morgan fingerprint density at radius 3 is 2.50 bits per heavy atom. The first-order chi connectivity index (χ1) is 13.7. The topological polar surface area (TPSA) is 91.0 Å². The van der Waals surface area contributed by atoms with Crippen molar-refractivity contribution in [3.63, 3.8) is 0 Å². The Balaban J connectivity index is 1.64. The van der Waals surface area contributed by atoms with Gasteiger partial charge in [-0.1, -0.05) is 54.2 Å². The van der Waals surface area contributed by atoms with Gasteiger partial charge in [-0.3, -0.25) is 4.98 Å². The van der Waals surface area contributed by atoms with Crippen molar-refractivity contribution in [2.45, 2.75) is 17.8 Å². The highest BCUT2D eigenvalue weighted by molar-refractivity contribution is 7.98. The summed E-state index contributed by atoms with van der Waals surface area (Å²) in [6, 6.07) is 16.3. The molecule has 0 saturated heterocycles. The van der Waals surface area contributed by atoms with Crippen LogP contribution in [0.5, 0.6) is 0 Å². The van der Waals surface area contributed by atoms with Gasteiger partial charge in [0.2, 0.25) is 0 Å². The molecular weight excluding hydrogens is 372 g/mol. The number of nitrogens with two attached hydrogens (primary N) is 1. The summed E-state index contributed by atoms with van der Waals surface area (Å²) in [5.41, 5.74) is 7.99. The molecule has 0 atom stereocenters. The molecule has 0 amide bonds. The molecule has 2 N–H and O–H groups in total. The first-order valence-electron chi connectivity index (χ1n) is 8.86. The van der Waals surface area contributed by atoms with Crippen LogP contribution in [0, 0.1) is 0 Å². The summed E-state index contributed by atoms with van der Waals surface area (Å²) < 4.78 is 4.95. The Bertz CT molecular complexity index is 1180. The summed E-state index contributed by atoms with van der Waals surface area (Å²) in [5, 5.41) is 3.89. The number of anilines is 1. The van der Waals surface area contributed by atoms with E-state index < -0.39 is 5.97 Å². The van der Waals surface area contributed by atoms with Crippen molar-refractivity contribution in [1.29, 1.82) is 0 Å². The van der Waals surface area contributed by atoms with Crippen LogP contribution in [0.3, 0.4) is 0 Å². The molecule has 0 aliphatic rings. The molecular formula is C21H18N4O2S. The van der Waals surface area contributed by atoms with Gasteiger partial charge in [-0.2, -0.15) is 0 Å². The predicted molar refractivity (Wildman–Crippen MR) is 111 cm³/mol. The zero-order valence-electron chi connectivity index (χ0n) is 15.3. The van der Waals surface area contributed by atoms with Crippen molar-refractivity contribution in [3.8, 4) is 0 Å². The van der Waals surface area contributed by atoms with Crippen molar-refractivity contribution < 1.29 is 9.53 Å². The maximum atomic E-state index is 11.8. The average Bonchev–Trinajstić information content (AvgIpc) is 2.72. The molecule has 0 radical (unpaired) electrons. The molecule has 0 aliphatic carbocycles. The first-order valence-corrected chi connectivity index (χ1v) is 9.84. The van der Waals surface area contributed by atoms with Gasteiger partial charge in [0.1, 0.15) is 11.4 Å². The highest BCUT2D eigenvalue weighted by Gasteiger charge is 2.14. The monoisotopic (exact) mass is 390 g/mol. The lowest BCUT2D eigenvalue weighted by Gasteiger charge is -2.09. The van der Waals surface area contributed by atoms with Gasteiger partial charge in [0.05, 0.1) is 17.8 Å². The maximum absolute atomic E-state index is 11.8. The molecule has 0 fully saturated rings. The van der Waals surface area contributed by atoms with Gasteiger partial charge in [0.25, 0.3) is 0 Å². The van der Waals surface area contributed by atoms with Crippen LogP contribution < -0.4 is 5.73 Å². The molecule has 2 heterocycles. The Hall–Kier alpha value is -3.19. The molecule has 0 spiro atoms. The van der Waals surface area contributed by atoms with Crippen LogP contribution in [0.1, 0.15) is 23.0 Å². The fourth-order valence-electron chi connectivity index (χ4n) is 3.03. The van der Waals surface area contributed by atoms with Crippen molar-refractivity contribution in [3.05, 3.63) is 66.0 Å². The van der Waals surface area contributed by atoms with Gasteiger partial charge in [-0.05, 0) is 18.4 Å². The van der Waals surface area contributed by atoms with Gasteiger partial charge in [-0.25, -0.2) is 14.8 Å². The lowest BCUT2D eigenvalue weighted by Crippen LogP contribution is -2.10. The molecule has 4 rings (SSSR count). The number of ether oxygens (including phenoxy) is 1. The van der Waals surface area contributed by atoms with Crippen molar-refractivity contribution in [1.82, 2.24) is 15.0 Å². The summed E-state index contributed by atoms with van der Waals surface area (Å²) in [5.74, 6) is 0.190. The number of pyridine rings is 1. The molecule has 0 bridgehead atoms. The first kappa shape index (κ1) is 18.2. The number of aromatic nitrogens is 3. The fourth-order valence-corrected chi connectivity index (χ4v) is 3.81. The number of thioether (sulfide) groups is 1. The quantitative estimate of drug-likeness (QED) is 0.236. The van der Waals surface area contributed by atoms with Gasteiger partial charge in [0, 0.05) is 22.7 Å². The number of nitrogen functional groups attached to an aromatic ring is 1. The summed E-state index contributed by atoms with van der Waals surface area (Å²) in [6.07, 6.45) is 1.41. The normalized spacial score (nSPS) is 11.0. The smallest absolute Gasteiger partial charge is 0.343 e. The molecule has 7 heteroatoms. The highest BCUT2D eigenvalue weighted by atomic mass is 32.2. The zero-order chi connectivity index (χ0) is 19.5. The van der Waals surface area contributed by atoms with Crippen LogP contribution in [-0.4, -0.2) is 27.5 Å². The van der Waals surface area contributed by atoms with Crippen molar-refractivity contribution >= 4 is 45.2 Å². The second-order valence-electron chi connectivity index (χ2n) is 6.08. The summed E-state index contributed by atoms with van der Waals surface area (Å²) >= 11 is 1.43. The Kier molecular flexibility index (Phi) is 5.08. The molecule has 6 nitrogen and oxygen atoms in total. The molecule has 4 aromatic rings. The van der Waals surface area contributed by atoms with Crippen LogP contribution in [0.15, 0.2) is 59.9 Å². The van der Waals surface area contributed by atoms with Gasteiger partial charge in [-0.15, -0.1) is 0 Å². The molecule has 140 valence electrons. The van der Waals surface area contributed by atoms with Crippen LogP contribution in [0.25, 0.3) is 21.7 Å². The van der Waals surface area contributed by atoms with E-state index in [9.17, 15) is 4.79 Å². The number of fused-ring (bicyclic) bond motifs is 3. The van der Waals surface area contributed by atoms with E-state index in [1.54, 1.807) is 6.92 Å². The number of benzene rings is 2. The number of carbonyl (C=O) groups is 1. The van der Waals surface area contributed by atoms with Crippen molar-refractivity contribution in [2.75, 3.05) is 12.3 Å². The van der Waals surface area contributed by atoms with E-state index in [4.69, 9.17) is 15.5 Å². The van der Waals surface area contributed by atoms with E-state index in [0.29, 0.717) is 10.9 Å². The number of nitrogens with zero attached hydrogens (tertiary/aromatic N) is 3. The maximum Gasteiger partial charge on any atom is 0.343 e. The molecule has 28 heavy (non-hydrogen) atoms. The van der Waals surface area contributed by atoms with Crippen LogP contribution in [-0.2, 0) is 10.5 Å². The van der Waals surface area contributed by atoms with Gasteiger partial charge >= 0.3 is 5.97 Å². The minimum atomic E-state index is -0.515. The SMILES string of the molecule is CCOC(=O)c1cnc(SCc2nc3ccccc3c3ccccc23)nc1N. The van der Waals surface area contributed by atoms with E-state index >= 15 is 0 Å². The van der Waals surface area contributed by atoms with Crippen LogP contribution in [0.2, 0.25) is 0 Å². The number of esters is 1. The van der Waals surface area contributed by atoms with Crippen LogP contribution in [0.4, 0.5) is 5.82 Å². The Morgan fingerprint density at radius 1 is 1.04 bits per heavy atom. The highest BCUT2D eigenvalue weighted by Crippen LogP contribution is 2.30. The largest absolute Gasteiger partial charge is 0.462 e. The lowest BCUT2D eigenvalue weighted by atomic mass is 10.0. The third-order valence-corrected chi connectivity index (χ3v) is 5.19. The van der Waals surface area contributed by atoms with E-state index in [0.717, 1.165) is 22.0 Å². The van der Waals surface area contributed by atoms with E-state index in [1.807, 2.05) is 30.3 Å². The Labute approximate surface area is 166 Å². The summed E-state index contributed by atoms with van der Waals surface area (Å²) in [6.45, 7) is 2.01. The number of hydrogen-bond donors (Lipinski definition) is 1. The van der Waals surface area contributed by atoms with Gasteiger partial charge < -0.3 is 10.5 Å². The molecule has 0 unspecified atom stereocenters. The molecule has 0 aliphatic heterocycles. The second kappa shape index (κ2) is 7.82. The lowest BCUT2D eigenvalue weighted by molar-refractivity contribution is 0.0526. The molecule has 0 saturated carbocycles. The van der Waals surface area contributed by atoms with E-state index in [2.05, 4.69) is 28.2 Å². The second-order valence-corrected chi connectivity index (χ2v) is 7.02. The number of hydrogen-bond acceptors (Lipinski definition) is 7. The third kappa shape index (κ3) is 3.48. The summed E-state index contributed by atoms with van der Waals surface area (Å²) in [7, 11) is 0. The van der Waals surface area contributed by atoms with E-state index in [1.165, 1.54) is 23.3 Å². The number of carbonyl (C=O) groups excluding carboxylic acids is 1. The average molecular weight is 390 g/mol. The predicted octanol–water partition coefficient (Wildman–Crippen LogP) is 4.23. The zero-order valence-corrected chi connectivity index (χ0v) is 16.1. The van der Waals surface area contributed by atoms with Crippen LogP contribution >= 0.6 is 11.8 Å². The minimum Gasteiger partial charge on any atom is -0.462 e. The molecule has 2 aromatic carbocycles. The Morgan fingerprint density at radius 2 is 1.75 bits per heavy atom. The minimum absolute atomic E-state index is 0.118. The standard InChI is InChI=1S/C21H18N4O2S/c1-2-27-20(26)16-11-23-21(25-19(16)22)28-12-18-15-9-4-3-7-13(15)14-8-5-6-10-17(14)24-18/h3-11H,2,12H2,1H3,(H2,22,23,25). The fraction of sp³-hybridized carbons (Fsp3) is 0.143. The van der Waals surface area contributed by atoms with E-state index in [-0.39, 0.29) is 18.0 Å². The molecule has 2 aromatic heterocycles. The summed E-state index contributed by atoms with van der Waals surface area (Å²) in [4.78, 5) is 25.1. The number of rotatable bonds is 5.